The molecule has 0 radical (unpaired) electrons. The molecular formula is C16H27NO4. The zero-order valence-corrected chi connectivity index (χ0v) is 13.5. The van der Waals surface area contributed by atoms with Gasteiger partial charge in [-0.05, 0) is 38.5 Å². The molecule has 1 aromatic rings. The third kappa shape index (κ3) is 6.33. The largest absolute Gasteiger partial charge is 0.493 e. The third-order valence-corrected chi connectivity index (χ3v) is 2.87. The van der Waals surface area contributed by atoms with Crippen LogP contribution in [0.1, 0.15) is 26.3 Å². The lowest BCUT2D eigenvalue weighted by Crippen LogP contribution is -2.31. The highest BCUT2D eigenvalue weighted by molar-refractivity contribution is 5.42. The van der Waals surface area contributed by atoms with E-state index in [-0.39, 0.29) is 6.29 Å². The normalized spacial score (nSPS) is 10.9. The Morgan fingerprint density at radius 1 is 1.00 bits per heavy atom. The second kappa shape index (κ2) is 10.4. The van der Waals surface area contributed by atoms with Gasteiger partial charge in [-0.3, -0.25) is 0 Å². The van der Waals surface area contributed by atoms with Crippen LogP contribution in [0, 0.1) is 0 Å². The number of hydrogen-bond donors (Lipinski definition) is 1. The molecular weight excluding hydrogens is 270 g/mol. The van der Waals surface area contributed by atoms with Gasteiger partial charge in [-0.15, -0.1) is 0 Å². The lowest BCUT2D eigenvalue weighted by molar-refractivity contribution is -0.133. The summed E-state index contributed by atoms with van der Waals surface area (Å²) in [4.78, 5) is 0. The summed E-state index contributed by atoms with van der Waals surface area (Å²) in [5, 5.41) is 3.33. The molecule has 0 aliphatic heterocycles. The first-order chi connectivity index (χ1) is 10.2. The molecule has 0 spiro atoms. The number of hydrogen-bond acceptors (Lipinski definition) is 5. The molecule has 0 amide bonds. The van der Waals surface area contributed by atoms with E-state index >= 15 is 0 Å². The molecule has 0 atom stereocenters. The minimum atomic E-state index is -0.204. The zero-order chi connectivity index (χ0) is 15.5. The molecule has 5 heteroatoms. The second-order valence-electron chi connectivity index (χ2n) is 4.39. The van der Waals surface area contributed by atoms with Gasteiger partial charge < -0.3 is 24.3 Å². The summed E-state index contributed by atoms with van der Waals surface area (Å²) >= 11 is 0. The van der Waals surface area contributed by atoms with Crippen LogP contribution in [-0.4, -0.2) is 39.8 Å². The van der Waals surface area contributed by atoms with Crippen molar-refractivity contribution in [3.05, 3.63) is 23.8 Å². The molecule has 5 nitrogen and oxygen atoms in total. The Balaban J connectivity index is 2.52. The highest BCUT2D eigenvalue weighted by atomic mass is 16.7. The number of ether oxygens (including phenoxy) is 4. The number of benzene rings is 1. The van der Waals surface area contributed by atoms with Crippen molar-refractivity contribution < 1.29 is 18.9 Å². The van der Waals surface area contributed by atoms with Crippen molar-refractivity contribution >= 4 is 0 Å². The molecule has 0 saturated heterocycles. The van der Waals surface area contributed by atoms with Crippen LogP contribution in [0.15, 0.2) is 18.2 Å². The van der Waals surface area contributed by atoms with Crippen LogP contribution < -0.4 is 14.8 Å². The second-order valence-corrected chi connectivity index (χ2v) is 4.39. The first-order valence-electron chi connectivity index (χ1n) is 7.48. The predicted octanol–water partition coefficient (Wildman–Crippen LogP) is 2.58. The fourth-order valence-corrected chi connectivity index (χ4v) is 1.97. The maximum atomic E-state index is 5.57. The summed E-state index contributed by atoms with van der Waals surface area (Å²) in [7, 11) is 1.64. The number of methoxy groups -OCH3 is 1. The lowest BCUT2D eigenvalue weighted by atomic mass is 10.2. The number of rotatable bonds is 11. The molecule has 0 bridgehead atoms. The van der Waals surface area contributed by atoms with Gasteiger partial charge in [0, 0.05) is 26.3 Å². The Bertz CT molecular complexity index is 392. The molecule has 1 aromatic carbocycles. The Hall–Kier alpha value is -1.30. The van der Waals surface area contributed by atoms with Crippen LogP contribution in [0.4, 0.5) is 0 Å². The van der Waals surface area contributed by atoms with Gasteiger partial charge >= 0.3 is 0 Å². The van der Waals surface area contributed by atoms with Crippen molar-refractivity contribution in [2.24, 2.45) is 0 Å². The van der Waals surface area contributed by atoms with E-state index in [0.717, 1.165) is 23.6 Å². The fourth-order valence-electron chi connectivity index (χ4n) is 1.97. The van der Waals surface area contributed by atoms with Gasteiger partial charge in [-0.1, -0.05) is 6.07 Å². The van der Waals surface area contributed by atoms with Gasteiger partial charge in [0.15, 0.2) is 17.8 Å². The van der Waals surface area contributed by atoms with E-state index < -0.39 is 0 Å². The van der Waals surface area contributed by atoms with Crippen molar-refractivity contribution in [2.75, 3.05) is 33.5 Å². The number of nitrogens with one attached hydrogen (secondary N) is 1. The summed E-state index contributed by atoms with van der Waals surface area (Å²) < 4.78 is 21.8. The average Bonchev–Trinajstić information content (AvgIpc) is 2.48. The Kier molecular flexibility index (Phi) is 8.82. The van der Waals surface area contributed by atoms with E-state index in [1.165, 1.54) is 0 Å². The average molecular weight is 297 g/mol. The minimum Gasteiger partial charge on any atom is -0.493 e. The van der Waals surface area contributed by atoms with E-state index in [1.807, 2.05) is 39.0 Å². The Labute approximate surface area is 127 Å². The summed E-state index contributed by atoms with van der Waals surface area (Å²) in [6, 6.07) is 5.93. The quantitative estimate of drug-likeness (QED) is 0.636. The summed E-state index contributed by atoms with van der Waals surface area (Å²) in [6.45, 7) is 9.15. The lowest BCUT2D eigenvalue weighted by Gasteiger charge is -2.17. The van der Waals surface area contributed by atoms with E-state index in [4.69, 9.17) is 18.9 Å². The van der Waals surface area contributed by atoms with Crippen LogP contribution in [0.5, 0.6) is 11.5 Å². The minimum absolute atomic E-state index is 0.204. The van der Waals surface area contributed by atoms with Gasteiger partial charge in [0.05, 0.1) is 13.7 Å². The molecule has 0 fully saturated rings. The van der Waals surface area contributed by atoms with Crippen LogP contribution in [0.2, 0.25) is 0 Å². The van der Waals surface area contributed by atoms with Gasteiger partial charge in [-0.2, -0.15) is 0 Å². The van der Waals surface area contributed by atoms with E-state index in [9.17, 15) is 0 Å². The molecule has 0 saturated carbocycles. The van der Waals surface area contributed by atoms with Gasteiger partial charge in [0.1, 0.15) is 0 Å². The smallest absolute Gasteiger partial charge is 0.169 e. The highest BCUT2D eigenvalue weighted by Gasteiger charge is 2.08. The highest BCUT2D eigenvalue weighted by Crippen LogP contribution is 2.27. The molecule has 1 rings (SSSR count). The Morgan fingerprint density at radius 2 is 1.71 bits per heavy atom. The van der Waals surface area contributed by atoms with Crippen molar-refractivity contribution in [3.8, 4) is 11.5 Å². The monoisotopic (exact) mass is 297 g/mol. The molecule has 21 heavy (non-hydrogen) atoms. The van der Waals surface area contributed by atoms with Crippen molar-refractivity contribution in [3.63, 3.8) is 0 Å². The van der Waals surface area contributed by atoms with E-state index in [2.05, 4.69) is 5.32 Å². The third-order valence-electron chi connectivity index (χ3n) is 2.87. The molecule has 0 aliphatic carbocycles. The van der Waals surface area contributed by atoms with Crippen LogP contribution in [-0.2, 0) is 16.0 Å². The maximum Gasteiger partial charge on any atom is 0.169 e. The maximum absolute atomic E-state index is 5.57. The van der Waals surface area contributed by atoms with Crippen molar-refractivity contribution in [2.45, 2.75) is 33.6 Å². The molecule has 120 valence electrons. The Morgan fingerprint density at radius 3 is 2.29 bits per heavy atom. The summed E-state index contributed by atoms with van der Waals surface area (Å²) in [6.07, 6.45) is -0.204. The molecule has 1 N–H and O–H groups in total. The topological polar surface area (TPSA) is 49.0 Å². The standard InChI is InChI=1S/C16H27NO4/c1-5-19-15-10-13(8-9-14(15)18-4)11-17-12-16(20-6-2)21-7-3/h8-10,16-17H,5-7,11-12H2,1-4H3. The van der Waals surface area contributed by atoms with E-state index in [0.29, 0.717) is 26.4 Å². The SMILES string of the molecule is CCOc1cc(CNCC(OCC)OCC)ccc1OC. The zero-order valence-electron chi connectivity index (χ0n) is 13.5. The molecule has 0 aromatic heterocycles. The van der Waals surface area contributed by atoms with Gasteiger partial charge in [0.25, 0.3) is 0 Å². The first kappa shape index (κ1) is 17.8. The summed E-state index contributed by atoms with van der Waals surface area (Å²) in [5.74, 6) is 1.52. The molecule has 0 aliphatic rings. The molecule has 0 unspecified atom stereocenters. The van der Waals surface area contributed by atoms with Crippen molar-refractivity contribution in [1.82, 2.24) is 5.32 Å². The van der Waals surface area contributed by atoms with E-state index in [1.54, 1.807) is 7.11 Å². The van der Waals surface area contributed by atoms with Gasteiger partial charge in [0.2, 0.25) is 0 Å². The van der Waals surface area contributed by atoms with Crippen LogP contribution in [0.25, 0.3) is 0 Å². The predicted molar refractivity (Wildman–Crippen MR) is 82.9 cm³/mol. The van der Waals surface area contributed by atoms with Gasteiger partial charge in [-0.25, -0.2) is 0 Å². The first-order valence-corrected chi connectivity index (χ1v) is 7.48. The molecule has 0 heterocycles. The van der Waals surface area contributed by atoms with Crippen LogP contribution >= 0.6 is 0 Å². The summed E-state index contributed by atoms with van der Waals surface area (Å²) in [5.41, 5.74) is 1.13. The fraction of sp³-hybridized carbons (Fsp3) is 0.625. The van der Waals surface area contributed by atoms with Crippen LogP contribution in [0.3, 0.4) is 0 Å². The van der Waals surface area contributed by atoms with Crippen molar-refractivity contribution in [1.29, 1.82) is 0 Å².